The van der Waals surface area contributed by atoms with E-state index in [1.165, 1.54) is 12.1 Å². The molecule has 2 atom stereocenters. The first-order valence-electron chi connectivity index (χ1n) is 7.96. The maximum Gasteiger partial charge on any atom is 0.230 e. The number of para-hydroxylation sites is 1. The van der Waals surface area contributed by atoms with Gasteiger partial charge in [-0.15, -0.1) is 0 Å². The molecule has 1 saturated carbocycles. The normalized spacial score (nSPS) is 18.9. The quantitative estimate of drug-likeness (QED) is 0.887. The van der Waals surface area contributed by atoms with Gasteiger partial charge in [0.1, 0.15) is 5.82 Å². The van der Waals surface area contributed by atoms with Crippen LogP contribution in [0.3, 0.4) is 0 Å². The Morgan fingerprint density at radius 3 is 2.54 bits per heavy atom. The van der Waals surface area contributed by atoms with Crippen molar-refractivity contribution in [2.45, 2.75) is 18.8 Å². The van der Waals surface area contributed by atoms with Crippen LogP contribution in [0.4, 0.5) is 10.1 Å². The SMILES string of the molecule is NC(=O)CCN(C(=O)C1CC1c1cccc(F)c1)c1ccccc1. The lowest BCUT2D eigenvalue weighted by Gasteiger charge is -2.22. The van der Waals surface area contributed by atoms with Crippen LogP contribution in [-0.2, 0) is 9.59 Å². The summed E-state index contributed by atoms with van der Waals surface area (Å²) in [5.74, 6) is -0.926. The van der Waals surface area contributed by atoms with Crippen molar-refractivity contribution in [1.29, 1.82) is 0 Å². The molecule has 4 nitrogen and oxygen atoms in total. The summed E-state index contributed by atoms with van der Waals surface area (Å²) < 4.78 is 13.4. The predicted octanol–water partition coefficient (Wildman–Crippen LogP) is 2.84. The number of benzene rings is 2. The summed E-state index contributed by atoms with van der Waals surface area (Å²) in [4.78, 5) is 25.6. The number of carbonyl (C=O) groups is 2. The molecule has 124 valence electrons. The van der Waals surface area contributed by atoms with Gasteiger partial charge < -0.3 is 10.6 Å². The molecule has 2 unspecified atom stereocenters. The molecular formula is C19H19FN2O2. The highest BCUT2D eigenvalue weighted by Crippen LogP contribution is 2.49. The molecule has 1 aliphatic rings. The van der Waals surface area contributed by atoms with E-state index >= 15 is 0 Å². The van der Waals surface area contributed by atoms with E-state index in [0.717, 1.165) is 11.3 Å². The van der Waals surface area contributed by atoms with Gasteiger partial charge in [0.15, 0.2) is 0 Å². The van der Waals surface area contributed by atoms with Crippen LogP contribution < -0.4 is 10.6 Å². The monoisotopic (exact) mass is 326 g/mol. The van der Waals surface area contributed by atoms with Gasteiger partial charge in [-0.05, 0) is 42.2 Å². The summed E-state index contributed by atoms with van der Waals surface area (Å²) in [5, 5.41) is 0. The molecule has 0 radical (unpaired) electrons. The van der Waals surface area contributed by atoms with Gasteiger partial charge in [-0.25, -0.2) is 4.39 Å². The zero-order chi connectivity index (χ0) is 17.1. The Balaban J connectivity index is 1.76. The highest BCUT2D eigenvalue weighted by molar-refractivity contribution is 5.98. The van der Waals surface area contributed by atoms with Crippen molar-refractivity contribution in [2.24, 2.45) is 11.7 Å². The van der Waals surface area contributed by atoms with E-state index in [-0.39, 0.29) is 36.5 Å². The molecule has 1 aliphatic carbocycles. The van der Waals surface area contributed by atoms with Gasteiger partial charge in [0.25, 0.3) is 0 Å². The van der Waals surface area contributed by atoms with Crippen molar-refractivity contribution in [1.82, 2.24) is 0 Å². The summed E-state index contributed by atoms with van der Waals surface area (Å²) in [6, 6.07) is 15.6. The number of hydrogen-bond donors (Lipinski definition) is 1. The minimum atomic E-state index is -0.443. The minimum absolute atomic E-state index is 0.0352. The molecule has 0 saturated heterocycles. The average molecular weight is 326 g/mol. The third kappa shape index (κ3) is 3.62. The van der Waals surface area contributed by atoms with Crippen LogP contribution in [0.1, 0.15) is 24.3 Å². The van der Waals surface area contributed by atoms with Crippen molar-refractivity contribution >= 4 is 17.5 Å². The number of hydrogen-bond acceptors (Lipinski definition) is 2. The molecule has 0 aromatic heterocycles. The highest BCUT2D eigenvalue weighted by atomic mass is 19.1. The predicted molar refractivity (Wildman–Crippen MR) is 89.9 cm³/mol. The second-order valence-electron chi connectivity index (χ2n) is 6.05. The fourth-order valence-corrected chi connectivity index (χ4v) is 2.97. The minimum Gasteiger partial charge on any atom is -0.370 e. The zero-order valence-corrected chi connectivity index (χ0v) is 13.2. The van der Waals surface area contributed by atoms with Crippen molar-refractivity contribution in [3.63, 3.8) is 0 Å². The van der Waals surface area contributed by atoms with E-state index in [1.807, 2.05) is 36.4 Å². The summed E-state index contributed by atoms with van der Waals surface area (Å²) in [6.07, 6.45) is 0.806. The van der Waals surface area contributed by atoms with Crippen molar-refractivity contribution in [3.05, 3.63) is 66.0 Å². The van der Waals surface area contributed by atoms with E-state index in [4.69, 9.17) is 5.73 Å². The number of nitrogens with zero attached hydrogens (tertiary/aromatic N) is 1. The number of carbonyl (C=O) groups excluding carboxylic acids is 2. The van der Waals surface area contributed by atoms with Gasteiger partial charge in [-0.3, -0.25) is 9.59 Å². The Labute approximate surface area is 140 Å². The lowest BCUT2D eigenvalue weighted by Crippen LogP contribution is -2.35. The second kappa shape index (κ2) is 6.83. The number of rotatable bonds is 6. The van der Waals surface area contributed by atoms with Crippen molar-refractivity contribution in [2.75, 3.05) is 11.4 Å². The van der Waals surface area contributed by atoms with E-state index < -0.39 is 5.91 Å². The Kier molecular flexibility index (Phi) is 4.60. The first-order chi connectivity index (χ1) is 11.6. The Bertz CT molecular complexity index is 748. The molecule has 24 heavy (non-hydrogen) atoms. The van der Waals surface area contributed by atoms with Crippen LogP contribution in [0, 0.1) is 11.7 Å². The third-order valence-electron chi connectivity index (χ3n) is 4.30. The highest BCUT2D eigenvalue weighted by Gasteiger charge is 2.46. The molecule has 2 aromatic carbocycles. The van der Waals surface area contributed by atoms with Gasteiger partial charge in [0, 0.05) is 24.6 Å². The molecule has 3 rings (SSSR count). The van der Waals surface area contributed by atoms with Crippen molar-refractivity contribution in [3.8, 4) is 0 Å². The third-order valence-corrected chi connectivity index (χ3v) is 4.30. The maximum absolute atomic E-state index is 13.4. The van der Waals surface area contributed by atoms with E-state index in [9.17, 15) is 14.0 Å². The van der Waals surface area contributed by atoms with Crippen molar-refractivity contribution < 1.29 is 14.0 Å². The summed E-state index contributed by atoms with van der Waals surface area (Å²) >= 11 is 0. The zero-order valence-electron chi connectivity index (χ0n) is 13.2. The van der Waals surface area contributed by atoms with Gasteiger partial charge >= 0.3 is 0 Å². The fourth-order valence-electron chi connectivity index (χ4n) is 2.97. The smallest absolute Gasteiger partial charge is 0.230 e. The molecule has 0 heterocycles. The number of nitrogens with two attached hydrogens (primary N) is 1. The van der Waals surface area contributed by atoms with Gasteiger partial charge in [0.05, 0.1) is 0 Å². The number of primary amides is 1. The number of anilines is 1. The molecule has 2 amide bonds. The summed E-state index contributed by atoms with van der Waals surface area (Å²) in [6.45, 7) is 0.255. The summed E-state index contributed by atoms with van der Waals surface area (Å²) in [7, 11) is 0. The van der Waals surface area contributed by atoms with Gasteiger partial charge in [0.2, 0.25) is 11.8 Å². The van der Waals surface area contributed by atoms with Gasteiger partial charge in [-0.1, -0.05) is 30.3 Å². The van der Waals surface area contributed by atoms with Crippen LogP contribution in [0.5, 0.6) is 0 Å². The molecular weight excluding hydrogens is 307 g/mol. The Hall–Kier alpha value is -2.69. The molecule has 0 spiro atoms. The standard InChI is InChI=1S/C19H19FN2O2/c20-14-6-4-5-13(11-14)16-12-17(16)19(24)22(10-9-18(21)23)15-7-2-1-3-8-15/h1-8,11,16-17H,9-10,12H2,(H2,21,23). The fraction of sp³-hybridized carbons (Fsp3) is 0.263. The lowest BCUT2D eigenvalue weighted by molar-refractivity contribution is -0.120. The summed E-state index contributed by atoms with van der Waals surface area (Å²) in [5.41, 5.74) is 6.82. The maximum atomic E-state index is 13.4. The van der Waals surface area contributed by atoms with E-state index in [0.29, 0.717) is 6.42 Å². The average Bonchev–Trinajstić information content (AvgIpc) is 3.36. The van der Waals surface area contributed by atoms with Crippen LogP contribution in [0.2, 0.25) is 0 Å². The largest absolute Gasteiger partial charge is 0.370 e. The number of amides is 2. The Morgan fingerprint density at radius 1 is 1.12 bits per heavy atom. The van der Waals surface area contributed by atoms with Crippen LogP contribution in [0.15, 0.2) is 54.6 Å². The second-order valence-corrected chi connectivity index (χ2v) is 6.05. The van der Waals surface area contributed by atoms with Crippen LogP contribution >= 0.6 is 0 Å². The molecule has 1 fully saturated rings. The van der Waals surface area contributed by atoms with Crippen LogP contribution in [0.25, 0.3) is 0 Å². The molecule has 5 heteroatoms. The van der Waals surface area contributed by atoms with Gasteiger partial charge in [-0.2, -0.15) is 0 Å². The molecule has 0 bridgehead atoms. The lowest BCUT2D eigenvalue weighted by atomic mass is 10.1. The molecule has 2 aromatic rings. The first-order valence-corrected chi connectivity index (χ1v) is 7.96. The number of halogens is 1. The topological polar surface area (TPSA) is 63.4 Å². The van der Waals surface area contributed by atoms with Crippen LogP contribution in [-0.4, -0.2) is 18.4 Å². The Morgan fingerprint density at radius 2 is 1.88 bits per heavy atom. The van der Waals surface area contributed by atoms with E-state index in [1.54, 1.807) is 11.0 Å². The van der Waals surface area contributed by atoms with E-state index in [2.05, 4.69) is 0 Å². The first kappa shape index (κ1) is 16.2. The molecule has 0 aliphatic heterocycles. The molecule has 2 N–H and O–H groups in total.